The van der Waals surface area contributed by atoms with Crippen LogP contribution >= 0.6 is 0 Å². The number of carbonyl (C=O) groups is 1. The lowest BCUT2D eigenvalue weighted by Crippen LogP contribution is -2.60. The molecule has 1 rings (SSSR count). The maximum atomic E-state index is 13.2. The van der Waals surface area contributed by atoms with E-state index in [4.69, 9.17) is 9.47 Å². The van der Waals surface area contributed by atoms with Gasteiger partial charge >= 0.3 is 0 Å². The molecule has 11 heteroatoms. The molecule has 414 valence electrons. The highest BCUT2D eigenvalue weighted by molar-refractivity contribution is 5.80. The van der Waals surface area contributed by atoms with E-state index in [0.717, 1.165) is 57.8 Å². The zero-order valence-electron chi connectivity index (χ0n) is 45.3. The first-order valence-corrected chi connectivity index (χ1v) is 29.7. The van der Waals surface area contributed by atoms with E-state index in [1.54, 1.807) is 0 Å². The summed E-state index contributed by atoms with van der Waals surface area (Å²) in [5.41, 5.74) is 0. The third kappa shape index (κ3) is 36.5. The Kier molecular flexibility index (Phi) is 46.2. The van der Waals surface area contributed by atoms with Crippen LogP contribution < -0.4 is 5.32 Å². The number of aliphatic hydroxyl groups is 7. The van der Waals surface area contributed by atoms with Gasteiger partial charge in [0.1, 0.15) is 36.6 Å². The fourth-order valence-electron chi connectivity index (χ4n) is 9.61. The van der Waals surface area contributed by atoms with Crippen LogP contribution in [0.4, 0.5) is 0 Å². The topological polar surface area (TPSA) is 189 Å². The number of nitrogens with one attached hydrogen (secondary N) is 1. The number of hydrogen-bond acceptors (Lipinski definition) is 10. The van der Waals surface area contributed by atoms with E-state index in [9.17, 15) is 40.5 Å². The highest BCUT2D eigenvalue weighted by Gasteiger charge is 2.44. The fourth-order valence-corrected chi connectivity index (χ4v) is 9.61. The molecule has 0 radical (unpaired) electrons. The molecule has 1 aliphatic heterocycles. The minimum atomic E-state index is -1.67. The van der Waals surface area contributed by atoms with E-state index in [1.807, 2.05) is 0 Å². The molecule has 70 heavy (non-hydrogen) atoms. The smallest absolute Gasteiger partial charge is 0.249 e. The normalized spacial score (nSPS) is 20.4. The summed E-state index contributed by atoms with van der Waals surface area (Å²) >= 11 is 0. The van der Waals surface area contributed by atoms with Gasteiger partial charge in [-0.15, -0.1) is 0 Å². The van der Waals surface area contributed by atoms with Crippen molar-refractivity contribution in [1.82, 2.24) is 5.32 Å². The average Bonchev–Trinajstić information content (AvgIpc) is 3.36. The van der Waals surface area contributed by atoms with Crippen molar-refractivity contribution in [3.8, 4) is 0 Å². The van der Waals surface area contributed by atoms with Crippen molar-refractivity contribution in [1.29, 1.82) is 0 Å². The molecule has 0 saturated carbocycles. The third-order valence-corrected chi connectivity index (χ3v) is 14.5. The first-order chi connectivity index (χ1) is 34.2. The molecule has 8 N–H and O–H groups in total. The number of hydrogen-bond donors (Lipinski definition) is 8. The SMILES string of the molecule is CCCCCCCCCCCCC/C=C\CCCCCCCCC(O)C(=O)NC(COC1OC(CO)C(O)C(O)C1O)C(O)C(O)CCC/C=C/CCCCCCCCCCCCCCCCCCC. The summed E-state index contributed by atoms with van der Waals surface area (Å²) in [6.45, 7) is 3.47. The van der Waals surface area contributed by atoms with Gasteiger partial charge in [-0.05, 0) is 64.2 Å². The van der Waals surface area contributed by atoms with Crippen molar-refractivity contribution in [2.75, 3.05) is 13.2 Å². The standard InChI is InChI=1S/C59H113NO10/c1-3-5-7-9-11-13-15-17-19-21-23-25-27-28-30-32-34-36-38-40-42-44-46-51(62)54(64)50(49-69-59-57(67)56(66)55(65)53(48-61)70-59)60-58(68)52(63)47-45-43-41-39-37-35-33-31-29-26-24-22-20-18-16-14-12-10-8-6-4-2/h29,31,38,40,50-57,59,61-67H,3-28,30,32-37,39,41-49H2,1-2H3,(H,60,68)/b31-29-,40-38+. The summed E-state index contributed by atoms with van der Waals surface area (Å²) in [7, 11) is 0. The van der Waals surface area contributed by atoms with Crippen LogP contribution in [-0.4, -0.2) is 110 Å². The van der Waals surface area contributed by atoms with Gasteiger partial charge in [0, 0.05) is 0 Å². The number of amides is 1. The van der Waals surface area contributed by atoms with Gasteiger partial charge in [-0.1, -0.05) is 237 Å². The van der Waals surface area contributed by atoms with E-state index < -0.39 is 74.2 Å². The van der Waals surface area contributed by atoms with Crippen LogP contribution in [0, 0.1) is 0 Å². The van der Waals surface area contributed by atoms with Crippen molar-refractivity contribution >= 4 is 5.91 Å². The Labute approximate surface area is 429 Å². The molecule has 0 aromatic carbocycles. The Hall–Kier alpha value is -1.41. The molecule has 9 unspecified atom stereocenters. The van der Waals surface area contributed by atoms with Crippen LogP contribution in [-0.2, 0) is 14.3 Å². The molecule has 1 aliphatic rings. The van der Waals surface area contributed by atoms with Crippen molar-refractivity contribution in [3.05, 3.63) is 24.3 Å². The Morgan fingerprint density at radius 2 is 0.843 bits per heavy atom. The predicted octanol–water partition coefficient (Wildman–Crippen LogP) is 12.5. The Bertz CT molecular complexity index is 1190. The minimum absolute atomic E-state index is 0.248. The Morgan fingerprint density at radius 1 is 0.486 bits per heavy atom. The molecule has 9 atom stereocenters. The molecule has 11 nitrogen and oxygen atoms in total. The van der Waals surface area contributed by atoms with E-state index >= 15 is 0 Å². The Balaban J connectivity index is 2.33. The second kappa shape index (κ2) is 48.5. The molecular formula is C59H113NO10. The second-order valence-electron chi connectivity index (χ2n) is 21.1. The maximum Gasteiger partial charge on any atom is 0.249 e. The Morgan fingerprint density at radius 3 is 1.23 bits per heavy atom. The highest BCUT2D eigenvalue weighted by atomic mass is 16.7. The lowest BCUT2D eigenvalue weighted by Gasteiger charge is -2.40. The van der Waals surface area contributed by atoms with Crippen LogP contribution in [0.15, 0.2) is 24.3 Å². The lowest BCUT2D eigenvalue weighted by atomic mass is 9.98. The molecule has 0 spiro atoms. The predicted molar refractivity (Wildman–Crippen MR) is 289 cm³/mol. The van der Waals surface area contributed by atoms with Gasteiger partial charge in [-0.3, -0.25) is 4.79 Å². The van der Waals surface area contributed by atoms with E-state index in [-0.39, 0.29) is 12.8 Å². The summed E-state index contributed by atoms with van der Waals surface area (Å²) in [4.78, 5) is 13.2. The summed E-state index contributed by atoms with van der Waals surface area (Å²) in [5.74, 6) is -0.708. The van der Waals surface area contributed by atoms with Crippen molar-refractivity contribution in [3.63, 3.8) is 0 Å². The quantitative estimate of drug-likeness (QED) is 0.0215. The molecule has 0 aliphatic carbocycles. The number of unbranched alkanes of at least 4 members (excludes halogenated alkanes) is 35. The van der Waals surface area contributed by atoms with Gasteiger partial charge in [-0.25, -0.2) is 0 Å². The van der Waals surface area contributed by atoms with Crippen molar-refractivity contribution < 1.29 is 50.0 Å². The second-order valence-corrected chi connectivity index (χ2v) is 21.1. The van der Waals surface area contributed by atoms with Crippen LogP contribution in [0.2, 0.25) is 0 Å². The van der Waals surface area contributed by atoms with E-state index in [0.29, 0.717) is 12.8 Å². The number of rotatable bonds is 51. The maximum absolute atomic E-state index is 13.2. The summed E-state index contributed by atoms with van der Waals surface area (Å²) in [6, 6.07) is -1.19. The first kappa shape index (κ1) is 66.6. The van der Waals surface area contributed by atoms with Crippen LogP contribution in [0.3, 0.4) is 0 Å². The zero-order chi connectivity index (χ0) is 51.1. The van der Waals surface area contributed by atoms with Crippen molar-refractivity contribution in [2.45, 2.75) is 332 Å². The molecule has 1 heterocycles. The molecule has 1 fully saturated rings. The highest BCUT2D eigenvalue weighted by Crippen LogP contribution is 2.23. The van der Waals surface area contributed by atoms with Gasteiger partial charge in [-0.2, -0.15) is 0 Å². The van der Waals surface area contributed by atoms with Gasteiger partial charge in [0.05, 0.1) is 25.4 Å². The van der Waals surface area contributed by atoms with Crippen LogP contribution in [0.1, 0.15) is 277 Å². The van der Waals surface area contributed by atoms with E-state index in [1.165, 1.54) is 180 Å². The molecule has 1 amide bonds. The molecule has 0 aromatic heterocycles. The number of allylic oxidation sites excluding steroid dienone is 4. The lowest BCUT2D eigenvalue weighted by molar-refractivity contribution is -0.303. The number of carbonyl (C=O) groups excluding carboxylic acids is 1. The summed E-state index contributed by atoms with van der Waals surface area (Å²) in [5, 5.41) is 76.2. The van der Waals surface area contributed by atoms with Crippen LogP contribution in [0.25, 0.3) is 0 Å². The molecular weight excluding hydrogens is 883 g/mol. The zero-order valence-corrected chi connectivity index (χ0v) is 45.3. The minimum Gasteiger partial charge on any atom is -0.394 e. The largest absolute Gasteiger partial charge is 0.394 e. The van der Waals surface area contributed by atoms with Gasteiger partial charge in [0.25, 0.3) is 0 Å². The van der Waals surface area contributed by atoms with Gasteiger partial charge < -0.3 is 50.5 Å². The number of aliphatic hydroxyl groups excluding tert-OH is 7. The third-order valence-electron chi connectivity index (χ3n) is 14.5. The fraction of sp³-hybridized carbons (Fsp3) is 0.915. The average molecular weight is 997 g/mol. The molecule has 0 bridgehead atoms. The van der Waals surface area contributed by atoms with Gasteiger partial charge in [0.15, 0.2) is 6.29 Å². The van der Waals surface area contributed by atoms with E-state index in [2.05, 4.69) is 43.5 Å². The molecule has 1 saturated heterocycles. The monoisotopic (exact) mass is 996 g/mol. The first-order valence-electron chi connectivity index (χ1n) is 29.7. The summed E-state index contributed by atoms with van der Waals surface area (Å²) in [6.07, 6.45) is 46.6. The van der Waals surface area contributed by atoms with Crippen LogP contribution in [0.5, 0.6) is 0 Å². The molecule has 0 aromatic rings. The number of ether oxygens (including phenoxy) is 2. The van der Waals surface area contributed by atoms with Crippen molar-refractivity contribution in [2.24, 2.45) is 0 Å². The summed E-state index contributed by atoms with van der Waals surface area (Å²) < 4.78 is 11.1. The van der Waals surface area contributed by atoms with Gasteiger partial charge in [0.2, 0.25) is 5.91 Å².